The first kappa shape index (κ1) is 26.0. The predicted octanol–water partition coefficient (Wildman–Crippen LogP) is 8.36. The van der Waals surface area contributed by atoms with Gasteiger partial charge in [0.05, 0.1) is 6.61 Å². The highest BCUT2D eigenvalue weighted by atomic mass is 79.9. The highest BCUT2D eigenvalue weighted by Gasteiger charge is 2.01. The normalized spacial score (nSPS) is 11.0. The minimum Gasteiger partial charge on any atom is -0.466 e. The van der Waals surface area contributed by atoms with Gasteiger partial charge < -0.3 is 4.74 Å². The van der Waals surface area contributed by atoms with Gasteiger partial charge in [-0.15, -0.1) is 0 Å². The number of rotatable bonds is 21. The van der Waals surface area contributed by atoms with Crippen LogP contribution in [0.2, 0.25) is 0 Å². The smallest absolute Gasteiger partial charge is 0.305 e. The molecule has 0 saturated heterocycles. The topological polar surface area (TPSA) is 26.3 Å². The molecule has 0 aliphatic carbocycles. The minimum absolute atomic E-state index is 0.0214. The number of carbonyl (C=O) groups is 1. The maximum atomic E-state index is 11.4. The molecule has 156 valence electrons. The fourth-order valence-corrected chi connectivity index (χ4v) is 3.67. The van der Waals surface area contributed by atoms with Crippen molar-refractivity contribution in [2.75, 3.05) is 11.9 Å². The van der Waals surface area contributed by atoms with E-state index in [-0.39, 0.29) is 5.97 Å². The summed E-state index contributed by atoms with van der Waals surface area (Å²) in [6.07, 6.45) is 24.5. The summed E-state index contributed by atoms with van der Waals surface area (Å²) in [7, 11) is 0. The van der Waals surface area contributed by atoms with E-state index in [2.05, 4.69) is 22.9 Å². The molecule has 0 aromatic carbocycles. The lowest BCUT2D eigenvalue weighted by atomic mass is 10.0. The lowest BCUT2D eigenvalue weighted by Gasteiger charge is -2.05. The molecule has 0 unspecified atom stereocenters. The van der Waals surface area contributed by atoms with Gasteiger partial charge >= 0.3 is 5.97 Å². The van der Waals surface area contributed by atoms with Crippen molar-refractivity contribution in [3.8, 4) is 0 Å². The fraction of sp³-hybridized carbons (Fsp3) is 0.957. The van der Waals surface area contributed by atoms with Gasteiger partial charge in [0.2, 0.25) is 0 Å². The molecule has 26 heavy (non-hydrogen) atoms. The molecular weight excluding hydrogens is 388 g/mol. The van der Waals surface area contributed by atoms with Crippen molar-refractivity contribution in [2.45, 2.75) is 129 Å². The Labute approximate surface area is 172 Å². The zero-order valence-corrected chi connectivity index (χ0v) is 19.1. The summed E-state index contributed by atoms with van der Waals surface area (Å²) in [6.45, 7) is 2.90. The third-order valence-corrected chi connectivity index (χ3v) is 5.59. The fourth-order valence-electron chi connectivity index (χ4n) is 3.27. The molecule has 0 N–H and O–H groups in total. The Hall–Kier alpha value is -0.0500. The van der Waals surface area contributed by atoms with E-state index in [1.54, 1.807) is 0 Å². The highest BCUT2D eigenvalue weighted by Crippen LogP contribution is 2.13. The maximum Gasteiger partial charge on any atom is 0.305 e. The molecule has 3 heteroatoms. The molecule has 0 radical (unpaired) electrons. The Balaban J connectivity index is 3.06. The van der Waals surface area contributed by atoms with Crippen molar-refractivity contribution in [2.24, 2.45) is 0 Å². The lowest BCUT2D eigenvalue weighted by molar-refractivity contribution is -0.143. The van der Waals surface area contributed by atoms with E-state index >= 15 is 0 Å². The van der Waals surface area contributed by atoms with E-state index in [0.29, 0.717) is 13.0 Å². The molecule has 0 amide bonds. The third-order valence-electron chi connectivity index (χ3n) is 5.03. The number of hydrogen-bond donors (Lipinski definition) is 0. The standard InChI is InChI=1S/C23H45BrO2/c1-2-3-4-5-6-7-8-9-10-11-12-13-14-15-16-19-22-26-23(25)20-17-18-21-24/h2-22H2,1H3. The number of hydrogen-bond acceptors (Lipinski definition) is 2. The molecule has 0 aromatic rings. The molecule has 0 atom stereocenters. The molecule has 0 aliphatic rings. The van der Waals surface area contributed by atoms with Crippen molar-refractivity contribution in [1.29, 1.82) is 0 Å². The van der Waals surface area contributed by atoms with Crippen molar-refractivity contribution < 1.29 is 9.53 Å². The number of ether oxygens (including phenoxy) is 1. The average molecular weight is 434 g/mol. The zero-order valence-electron chi connectivity index (χ0n) is 17.5. The van der Waals surface area contributed by atoms with Gasteiger partial charge in [0.1, 0.15) is 0 Å². The second-order valence-corrected chi connectivity index (χ2v) is 8.46. The van der Waals surface area contributed by atoms with Crippen molar-refractivity contribution in [3.63, 3.8) is 0 Å². The van der Waals surface area contributed by atoms with E-state index in [1.165, 1.54) is 96.3 Å². The summed E-state index contributed by atoms with van der Waals surface area (Å²) < 4.78 is 5.25. The molecule has 2 nitrogen and oxygen atoms in total. The SMILES string of the molecule is CCCCCCCCCCCCCCCCCCOC(=O)CCCCBr. The summed E-state index contributed by atoms with van der Waals surface area (Å²) in [5, 5.41) is 0.972. The predicted molar refractivity (Wildman–Crippen MR) is 118 cm³/mol. The van der Waals surface area contributed by atoms with E-state index in [9.17, 15) is 4.79 Å². The summed E-state index contributed by atoms with van der Waals surface area (Å²) in [6, 6.07) is 0. The van der Waals surface area contributed by atoms with E-state index < -0.39 is 0 Å². The summed E-state index contributed by atoms with van der Waals surface area (Å²) in [5.41, 5.74) is 0. The van der Waals surface area contributed by atoms with Gasteiger partial charge in [0.25, 0.3) is 0 Å². The van der Waals surface area contributed by atoms with E-state index in [0.717, 1.165) is 24.6 Å². The largest absolute Gasteiger partial charge is 0.466 e. The molecule has 0 aromatic heterocycles. The van der Waals surface area contributed by atoms with Crippen LogP contribution in [0.4, 0.5) is 0 Å². The van der Waals surface area contributed by atoms with E-state index in [1.807, 2.05) is 0 Å². The number of unbranched alkanes of at least 4 members (excludes halogenated alkanes) is 16. The highest BCUT2D eigenvalue weighted by molar-refractivity contribution is 9.09. The van der Waals surface area contributed by atoms with Crippen molar-refractivity contribution in [1.82, 2.24) is 0 Å². The van der Waals surface area contributed by atoms with Gasteiger partial charge in [0, 0.05) is 11.8 Å². The quantitative estimate of drug-likeness (QED) is 0.103. The van der Waals surface area contributed by atoms with Crippen LogP contribution in [-0.4, -0.2) is 17.9 Å². The molecule has 0 rings (SSSR count). The third kappa shape index (κ3) is 22.0. The zero-order chi connectivity index (χ0) is 19.1. The van der Waals surface area contributed by atoms with Crippen LogP contribution < -0.4 is 0 Å². The van der Waals surface area contributed by atoms with Crippen LogP contribution in [0.3, 0.4) is 0 Å². The van der Waals surface area contributed by atoms with Crippen LogP contribution >= 0.6 is 15.9 Å². The molecule has 0 heterocycles. The van der Waals surface area contributed by atoms with Crippen LogP contribution in [0.15, 0.2) is 0 Å². The van der Waals surface area contributed by atoms with Gasteiger partial charge in [-0.25, -0.2) is 0 Å². The Morgan fingerprint density at radius 1 is 0.615 bits per heavy atom. The van der Waals surface area contributed by atoms with Crippen molar-refractivity contribution in [3.05, 3.63) is 0 Å². The summed E-state index contributed by atoms with van der Waals surface area (Å²) in [4.78, 5) is 11.4. The summed E-state index contributed by atoms with van der Waals surface area (Å²) in [5.74, 6) is -0.0214. The van der Waals surface area contributed by atoms with Gasteiger partial charge in [-0.2, -0.15) is 0 Å². The Morgan fingerprint density at radius 2 is 1.04 bits per heavy atom. The van der Waals surface area contributed by atoms with Gasteiger partial charge in [-0.1, -0.05) is 119 Å². The van der Waals surface area contributed by atoms with Crippen LogP contribution in [0.5, 0.6) is 0 Å². The second-order valence-electron chi connectivity index (χ2n) is 7.67. The number of alkyl halides is 1. The first-order valence-electron chi connectivity index (χ1n) is 11.5. The molecule has 0 bridgehead atoms. The Morgan fingerprint density at radius 3 is 1.46 bits per heavy atom. The second kappa shape index (κ2) is 23.0. The summed E-state index contributed by atoms with van der Waals surface area (Å²) >= 11 is 3.37. The first-order chi connectivity index (χ1) is 12.8. The van der Waals surface area contributed by atoms with Gasteiger partial charge in [-0.3, -0.25) is 4.79 Å². The molecule has 0 spiro atoms. The molecular formula is C23H45BrO2. The van der Waals surface area contributed by atoms with Gasteiger partial charge in [0.15, 0.2) is 0 Å². The lowest BCUT2D eigenvalue weighted by Crippen LogP contribution is -2.05. The monoisotopic (exact) mass is 432 g/mol. The first-order valence-corrected chi connectivity index (χ1v) is 12.6. The number of esters is 1. The average Bonchev–Trinajstić information content (AvgIpc) is 2.64. The molecule has 0 fully saturated rings. The molecule has 0 aliphatic heterocycles. The number of halogens is 1. The Bertz CT molecular complexity index is 281. The van der Waals surface area contributed by atoms with Crippen LogP contribution in [0.25, 0.3) is 0 Å². The number of carbonyl (C=O) groups excluding carboxylic acids is 1. The van der Waals surface area contributed by atoms with Crippen LogP contribution in [-0.2, 0) is 9.53 Å². The van der Waals surface area contributed by atoms with Crippen LogP contribution in [0, 0.1) is 0 Å². The minimum atomic E-state index is -0.0214. The van der Waals surface area contributed by atoms with Gasteiger partial charge in [-0.05, 0) is 19.3 Å². The van der Waals surface area contributed by atoms with E-state index in [4.69, 9.17) is 4.74 Å². The van der Waals surface area contributed by atoms with Crippen LogP contribution in [0.1, 0.15) is 129 Å². The van der Waals surface area contributed by atoms with Crippen molar-refractivity contribution >= 4 is 21.9 Å². The maximum absolute atomic E-state index is 11.4. The molecule has 0 saturated carbocycles. The Kier molecular flexibility index (Phi) is 22.9.